The first-order valence-electron chi connectivity index (χ1n) is 9.24. The first-order chi connectivity index (χ1) is 13.1. The Morgan fingerprint density at radius 3 is 1.81 bits per heavy atom. The Morgan fingerprint density at radius 1 is 0.704 bits per heavy atom. The number of rotatable bonds is 6. The maximum Gasteiger partial charge on any atom is 0.130 e. The molecular weight excluding hydrogens is 351 g/mol. The van der Waals surface area contributed by atoms with Crippen molar-refractivity contribution >= 4 is 23.8 Å². The number of ether oxygens (including phenoxy) is 2. The molecule has 0 fully saturated rings. The van der Waals surface area contributed by atoms with Gasteiger partial charge in [-0.1, -0.05) is 68.4 Å². The van der Waals surface area contributed by atoms with E-state index in [1.165, 1.54) is 21.7 Å². The monoisotopic (exact) mass is 378 g/mol. The molecule has 0 aliphatic carbocycles. The van der Waals surface area contributed by atoms with Crippen LogP contribution in [0.2, 0.25) is 0 Å². The van der Waals surface area contributed by atoms with Crippen molar-refractivity contribution in [2.24, 2.45) is 0 Å². The second kappa shape index (κ2) is 8.59. The third-order valence-electron chi connectivity index (χ3n) is 4.78. The second-order valence-electron chi connectivity index (χ2n) is 6.85. The third-order valence-corrected chi connectivity index (χ3v) is 7.54. The van der Waals surface area contributed by atoms with Crippen molar-refractivity contribution in [3.63, 3.8) is 0 Å². The van der Waals surface area contributed by atoms with Crippen molar-refractivity contribution in [1.82, 2.24) is 0 Å². The lowest BCUT2D eigenvalue weighted by molar-refractivity contribution is 0.401. The lowest BCUT2D eigenvalue weighted by Crippen LogP contribution is -2.27. The molecule has 2 nitrogen and oxygen atoms in total. The van der Waals surface area contributed by atoms with Gasteiger partial charge in [0.1, 0.15) is 11.5 Å². The van der Waals surface area contributed by atoms with Crippen LogP contribution in [-0.2, 0) is 0 Å². The fourth-order valence-electron chi connectivity index (χ4n) is 3.42. The van der Waals surface area contributed by atoms with E-state index in [1.807, 2.05) is 18.2 Å². The molecule has 0 spiro atoms. The predicted octanol–water partition coefficient (Wildman–Crippen LogP) is 4.89. The summed E-state index contributed by atoms with van der Waals surface area (Å²) in [6.07, 6.45) is 0. The van der Waals surface area contributed by atoms with Gasteiger partial charge in [-0.05, 0) is 54.6 Å². The number of benzene rings is 3. The molecule has 0 heterocycles. The Hall–Kier alpha value is -2.31. The highest BCUT2D eigenvalue weighted by Gasteiger charge is 2.27. The highest BCUT2D eigenvalue weighted by atomic mass is 31.1. The first kappa shape index (κ1) is 19.5. The Labute approximate surface area is 163 Å². The molecule has 27 heavy (non-hydrogen) atoms. The van der Waals surface area contributed by atoms with Gasteiger partial charge in [0.25, 0.3) is 0 Å². The van der Waals surface area contributed by atoms with Gasteiger partial charge in [-0.2, -0.15) is 0 Å². The van der Waals surface area contributed by atoms with Crippen LogP contribution in [-0.4, -0.2) is 14.2 Å². The van der Waals surface area contributed by atoms with Crippen LogP contribution in [0.4, 0.5) is 0 Å². The van der Waals surface area contributed by atoms with E-state index < -0.39 is 7.92 Å². The summed E-state index contributed by atoms with van der Waals surface area (Å²) in [5.41, 5.74) is 2.66. The Bertz CT molecular complexity index is 896. The highest BCUT2D eigenvalue weighted by Crippen LogP contribution is 2.43. The van der Waals surface area contributed by atoms with E-state index in [0.29, 0.717) is 5.92 Å². The highest BCUT2D eigenvalue weighted by molar-refractivity contribution is 7.80. The van der Waals surface area contributed by atoms with Gasteiger partial charge in [0.2, 0.25) is 0 Å². The lowest BCUT2D eigenvalue weighted by Gasteiger charge is -2.27. The van der Waals surface area contributed by atoms with Gasteiger partial charge in [0.05, 0.1) is 19.5 Å². The van der Waals surface area contributed by atoms with E-state index >= 15 is 0 Å². The van der Waals surface area contributed by atoms with Crippen LogP contribution >= 0.6 is 7.92 Å². The zero-order chi connectivity index (χ0) is 19.4. The van der Waals surface area contributed by atoms with Crippen molar-refractivity contribution in [2.45, 2.75) is 26.7 Å². The van der Waals surface area contributed by atoms with E-state index in [9.17, 15) is 0 Å². The van der Waals surface area contributed by atoms with Gasteiger partial charge < -0.3 is 9.47 Å². The summed E-state index contributed by atoms with van der Waals surface area (Å²) >= 11 is 0. The molecule has 3 aromatic carbocycles. The van der Waals surface area contributed by atoms with Crippen LogP contribution in [0.5, 0.6) is 11.5 Å². The zero-order valence-corrected chi connectivity index (χ0v) is 17.6. The van der Waals surface area contributed by atoms with Crippen LogP contribution in [0.3, 0.4) is 0 Å². The number of aryl methyl sites for hydroxylation is 1. The average Bonchev–Trinajstić information content (AvgIpc) is 2.69. The predicted molar refractivity (Wildman–Crippen MR) is 117 cm³/mol. The van der Waals surface area contributed by atoms with Crippen molar-refractivity contribution in [2.75, 3.05) is 14.2 Å². The maximum atomic E-state index is 5.79. The molecule has 3 heteroatoms. The minimum Gasteiger partial charge on any atom is -0.496 e. The van der Waals surface area contributed by atoms with Gasteiger partial charge in [-0.3, -0.25) is 0 Å². The van der Waals surface area contributed by atoms with Crippen molar-refractivity contribution < 1.29 is 9.47 Å². The molecule has 0 saturated heterocycles. The first-order valence-corrected chi connectivity index (χ1v) is 10.6. The molecule has 0 bridgehead atoms. The normalized spacial score (nSPS) is 12.1. The van der Waals surface area contributed by atoms with E-state index in [0.717, 1.165) is 16.8 Å². The molecule has 0 aromatic heterocycles. The quantitative estimate of drug-likeness (QED) is 0.569. The summed E-state index contributed by atoms with van der Waals surface area (Å²) in [5, 5.41) is 3.84. The minimum atomic E-state index is -0.823. The van der Waals surface area contributed by atoms with Crippen LogP contribution in [0, 0.1) is 6.92 Å². The van der Waals surface area contributed by atoms with Gasteiger partial charge in [-0.15, -0.1) is 0 Å². The summed E-state index contributed by atoms with van der Waals surface area (Å²) < 4.78 is 11.6. The van der Waals surface area contributed by atoms with Gasteiger partial charge in [0.15, 0.2) is 0 Å². The molecular formula is C24H27O2P. The van der Waals surface area contributed by atoms with E-state index in [-0.39, 0.29) is 0 Å². The van der Waals surface area contributed by atoms with Crippen molar-refractivity contribution in [3.05, 3.63) is 77.9 Å². The molecule has 0 aliphatic rings. The largest absolute Gasteiger partial charge is 0.496 e. The number of methoxy groups -OCH3 is 2. The summed E-state index contributed by atoms with van der Waals surface area (Å²) in [7, 11) is 2.64. The molecule has 1 unspecified atom stereocenters. The second-order valence-corrected chi connectivity index (χ2v) is 8.93. The maximum absolute atomic E-state index is 5.79. The smallest absolute Gasteiger partial charge is 0.130 e. The average molecular weight is 378 g/mol. The fourth-order valence-corrected chi connectivity index (χ4v) is 6.42. The Balaban J connectivity index is 2.37. The van der Waals surface area contributed by atoms with Gasteiger partial charge in [0, 0.05) is 0 Å². The summed E-state index contributed by atoms with van der Waals surface area (Å²) in [5.74, 6) is 2.19. The summed E-state index contributed by atoms with van der Waals surface area (Å²) in [6, 6.07) is 23.5. The van der Waals surface area contributed by atoms with Crippen LogP contribution < -0.4 is 25.4 Å². The van der Waals surface area contributed by atoms with Crippen molar-refractivity contribution in [3.8, 4) is 11.5 Å². The van der Waals surface area contributed by atoms with E-state index in [1.54, 1.807) is 14.2 Å². The van der Waals surface area contributed by atoms with Gasteiger partial charge in [-0.25, -0.2) is 0 Å². The SMILES string of the molecule is COc1cccc(OC)c1P(c1ccccc1C)c1ccccc1C(C)C. The van der Waals surface area contributed by atoms with E-state index in [4.69, 9.17) is 9.47 Å². The van der Waals surface area contributed by atoms with Crippen LogP contribution in [0.15, 0.2) is 66.7 Å². The number of hydrogen-bond donors (Lipinski definition) is 0. The van der Waals surface area contributed by atoms with E-state index in [2.05, 4.69) is 69.3 Å². The lowest BCUT2D eigenvalue weighted by atomic mass is 10.0. The van der Waals surface area contributed by atoms with Crippen LogP contribution in [0.1, 0.15) is 30.9 Å². The molecule has 0 amide bonds. The molecule has 1 atom stereocenters. The molecule has 0 saturated carbocycles. The minimum absolute atomic E-state index is 0.441. The fraction of sp³-hybridized carbons (Fsp3) is 0.250. The molecule has 3 rings (SSSR count). The van der Waals surface area contributed by atoms with Gasteiger partial charge >= 0.3 is 0 Å². The van der Waals surface area contributed by atoms with Crippen LogP contribution in [0.25, 0.3) is 0 Å². The molecule has 0 aliphatic heterocycles. The van der Waals surface area contributed by atoms with Crippen molar-refractivity contribution in [1.29, 1.82) is 0 Å². The molecule has 0 radical (unpaired) electrons. The summed E-state index contributed by atoms with van der Waals surface area (Å²) in [4.78, 5) is 0. The Morgan fingerprint density at radius 2 is 1.26 bits per heavy atom. The molecule has 0 N–H and O–H groups in total. The Kier molecular flexibility index (Phi) is 6.19. The summed E-state index contributed by atoms with van der Waals surface area (Å²) in [6.45, 7) is 6.69. The zero-order valence-electron chi connectivity index (χ0n) is 16.7. The molecule has 3 aromatic rings. The standard InChI is InChI=1S/C24H27O2P/c1-17(2)19-12-7-9-16-23(19)27(22-15-8-6-11-18(22)3)24-20(25-4)13-10-14-21(24)26-5/h6-17H,1-5H3. The third kappa shape index (κ3) is 3.87. The molecule has 140 valence electrons. The topological polar surface area (TPSA) is 18.5 Å². The number of hydrogen-bond acceptors (Lipinski definition) is 2.